The highest BCUT2D eigenvalue weighted by Crippen LogP contribution is 2.22. The normalized spacial score (nSPS) is 19.8. The number of carbonyl (C=O) groups excluding carboxylic acids is 1. The summed E-state index contributed by atoms with van der Waals surface area (Å²) in [7, 11) is 3.11. The Bertz CT molecular complexity index is 419. The quantitative estimate of drug-likeness (QED) is 0.763. The molecule has 4 nitrogen and oxygen atoms in total. The molecule has 4 heteroatoms. The largest absolute Gasteiger partial charge is 0.497 e. The lowest BCUT2D eigenvalue weighted by atomic mass is 10.1. The fourth-order valence-electron chi connectivity index (χ4n) is 2.42. The zero-order valence-electron chi connectivity index (χ0n) is 10.9. The van der Waals surface area contributed by atoms with E-state index < -0.39 is 0 Å². The first-order valence-corrected chi connectivity index (χ1v) is 6.19. The molecule has 1 aromatic rings. The third-order valence-electron chi connectivity index (χ3n) is 3.36. The van der Waals surface area contributed by atoms with Crippen LogP contribution in [0.1, 0.15) is 18.4 Å². The summed E-state index contributed by atoms with van der Waals surface area (Å²) in [5.74, 6) is 0.719. The molecule has 0 saturated carbocycles. The second kappa shape index (κ2) is 5.87. The third kappa shape index (κ3) is 2.82. The molecule has 1 unspecified atom stereocenters. The number of esters is 1. The zero-order valence-corrected chi connectivity index (χ0v) is 10.9. The van der Waals surface area contributed by atoms with Crippen molar-refractivity contribution in [2.45, 2.75) is 25.4 Å². The van der Waals surface area contributed by atoms with Crippen molar-refractivity contribution in [3.8, 4) is 5.75 Å². The van der Waals surface area contributed by atoms with Gasteiger partial charge in [0.25, 0.3) is 0 Å². The van der Waals surface area contributed by atoms with Crippen molar-refractivity contribution in [2.24, 2.45) is 0 Å². The van der Waals surface area contributed by atoms with Crippen molar-refractivity contribution >= 4 is 5.97 Å². The SMILES string of the molecule is COC(=O)C1CCCN1Cc1cccc(OC)c1. The molecular formula is C14H19NO3. The molecule has 1 atom stereocenters. The second-order valence-corrected chi connectivity index (χ2v) is 4.50. The van der Waals surface area contributed by atoms with Gasteiger partial charge in [-0.3, -0.25) is 9.69 Å². The van der Waals surface area contributed by atoms with E-state index in [0.717, 1.165) is 37.2 Å². The molecule has 1 fully saturated rings. The standard InChI is InChI=1S/C14H19NO3/c1-17-12-6-3-5-11(9-12)10-15-8-4-7-13(15)14(16)18-2/h3,5-6,9,13H,4,7-8,10H2,1-2H3. The Balaban J connectivity index is 2.05. The van der Waals surface area contributed by atoms with Crippen LogP contribution in [0.5, 0.6) is 5.75 Å². The summed E-state index contributed by atoms with van der Waals surface area (Å²) in [5.41, 5.74) is 1.16. The molecule has 1 aliphatic heterocycles. The molecule has 18 heavy (non-hydrogen) atoms. The van der Waals surface area contributed by atoms with Crippen LogP contribution in [-0.2, 0) is 16.1 Å². The Labute approximate surface area is 107 Å². The minimum Gasteiger partial charge on any atom is -0.497 e. The van der Waals surface area contributed by atoms with Gasteiger partial charge in [-0.25, -0.2) is 0 Å². The number of carbonyl (C=O) groups is 1. The highest BCUT2D eigenvalue weighted by molar-refractivity contribution is 5.75. The predicted molar refractivity (Wildman–Crippen MR) is 68.4 cm³/mol. The van der Waals surface area contributed by atoms with Crippen LogP contribution in [0.2, 0.25) is 0 Å². The van der Waals surface area contributed by atoms with Crippen LogP contribution in [0, 0.1) is 0 Å². The van der Waals surface area contributed by atoms with E-state index in [4.69, 9.17) is 9.47 Å². The van der Waals surface area contributed by atoms with Crippen LogP contribution in [0.3, 0.4) is 0 Å². The number of nitrogens with zero attached hydrogens (tertiary/aromatic N) is 1. The van der Waals surface area contributed by atoms with Gasteiger partial charge in [0.2, 0.25) is 0 Å². The Morgan fingerprint density at radius 1 is 1.44 bits per heavy atom. The first-order chi connectivity index (χ1) is 8.74. The van der Waals surface area contributed by atoms with Crippen LogP contribution < -0.4 is 4.74 Å². The summed E-state index contributed by atoms with van der Waals surface area (Å²) in [6, 6.07) is 7.85. The number of likely N-dealkylation sites (tertiary alicyclic amines) is 1. The number of ether oxygens (including phenoxy) is 2. The van der Waals surface area contributed by atoms with Crippen LogP contribution in [-0.4, -0.2) is 37.7 Å². The first-order valence-electron chi connectivity index (χ1n) is 6.19. The van der Waals surface area contributed by atoms with E-state index in [9.17, 15) is 4.79 Å². The van der Waals surface area contributed by atoms with E-state index in [0.29, 0.717) is 0 Å². The van der Waals surface area contributed by atoms with Crippen LogP contribution in [0.25, 0.3) is 0 Å². The molecule has 0 N–H and O–H groups in total. The highest BCUT2D eigenvalue weighted by Gasteiger charge is 2.31. The smallest absolute Gasteiger partial charge is 0.323 e. The Morgan fingerprint density at radius 2 is 2.28 bits per heavy atom. The Kier molecular flexibility index (Phi) is 4.20. The molecule has 0 bridgehead atoms. The van der Waals surface area contributed by atoms with E-state index in [1.165, 1.54) is 7.11 Å². The van der Waals surface area contributed by atoms with Crippen LogP contribution >= 0.6 is 0 Å². The van der Waals surface area contributed by atoms with Gasteiger partial charge in [0, 0.05) is 6.54 Å². The van der Waals surface area contributed by atoms with Crippen molar-refractivity contribution in [3.05, 3.63) is 29.8 Å². The minimum atomic E-state index is -0.129. The summed E-state index contributed by atoms with van der Waals surface area (Å²) in [6.45, 7) is 1.70. The van der Waals surface area contributed by atoms with Gasteiger partial charge >= 0.3 is 5.97 Å². The monoisotopic (exact) mass is 249 g/mol. The summed E-state index contributed by atoms with van der Waals surface area (Å²) in [6.07, 6.45) is 1.93. The molecule has 0 amide bonds. The van der Waals surface area contributed by atoms with Gasteiger partial charge in [-0.1, -0.05) is 12.1 Å². The molecular weight excluding hydrogens is 230 g/mol. The fourth-order valence-corrected chi connectivity index (χ4v) is 2.42. The average molecular weight is 249 g/mol. The van der Waals surface area contributed by atoms with Gasteiger partial charge in [-0.2, -0.15) is 0 Å². The first kappa shape index (κ1) is 12.9. The highest BCUT2D eigenvalue weighted by atomic mass is 16.5. The number of rotatable bonds is 4. The number of methoxy groups -OCH3 is 2. The van der Waals surface area contributed by atoms with Gasteiger partial charge in [-0.05, 0) is 37.1 Å². The van der Waals surface area contributed by atoms with E-state index in [1.807, 2.05) is 18.2 Å². The molecule has 98 valence electrons. The van der Waals surface area contributed by atoms with E-state index in [1.54, 1.807) is 7.11 Å². The van der Waals surface area contributed by atoms with Crippen molar-refractivity contribution in [3.63, 3.8) is 0 Å². The van der Waals surface area contributed by atoms with Gasteiger partial charge < -0.3 is 9.47 Å². The molecule has 0 spiro atoms. The Hall–Kier alpha value is -1.55. The fraction of sp³-hybridized carbons (Fsp3) is 0.500. The second-order valence-electron chi connectivity index (χ2n) is 4.50. The van der Waals surface area contributed by atoms with E-state index >= 15 is 0 Å². The lowest BCUT2D eigenvalue weighted by Crippen LogP contribution is -2.36. The summed E-state index contributed by atoms with van der Waals surface area (Å²) in [4.78, 5) is 13.8. The van der Waals surface area contributed by atoms with Gasteiger partial charge in [-0.15, -0.1) is 0 Å². The zero-order chi connectivity index (χ0) is 13.0. The lowest BCUT2D eigenvalue weighted by molar-refractivity contribution is -0.146. The summed E-state index contributed by atoms with van der Waals surface area (Å²) < 4.78 is 10.0. The maximum Gasteiger partial charge on any atom is 0.323 e. The maximum absolute atomic E-state index is 11.6. The number of hydrogen-bond acceptors (Lipinski definition) is 4. The summed E-state index contributed by atoms with van der Waals surface area (Å²) in [5, 5.41) is 0. The Morgan fingerprint density at radius 3 is 3.00 bits per heavy atom. The van der Waals surface area contributed by atoms with E-state index in [2.05, 4.69) is 11.0 Å². The van der Waals surface area contributed by atoms with Crippen molar-refractivity contribution in [1.82, 2.24) is 4.90 Å². The lowest BCUT2D eigenvalue weighted by Gasteiger charge is -2.22. The molecule has 0 aromatic heterocycles. The molecule has 1 heterocycles. The van der Waals surface area contributed by atoms with Crippen molar-refractivity contribution in [1.29, 1.82) is 0 Å². The molecule has 1 aliphatic rings. The minimum absolute atomic E-state index is 0.0961. The number of benzene rings is 1. The van der Waals surface area contributed by atoms with Crippen LogP contribution in [0.15, 0.2) is 24.3 Å². The van der Waals surface area contributed by atoms with E-state index in [-0.39, 0.29) is 12.0 Å². The summed E-state index contributed by atoms with van der Waals surface area (Å²) >= 11 is 0. The van der Waals surface area contributed by atoms with Crippen molar-refractivity contribution in [2.75, 3.05) is 20.8 Å². The van der Waals surface area contributed by atoms with Gasteiger partial charge in [0.15, 0.2) is 0 Å². The molecule has 0 radical (unpaired) electrons. The molecule has 1 saturated heterocycles. The number of hydrogen-bond donors (Lipinski definition) is 0. The molecule has 1 aromatic carbocycles. The third-order valence-corrected chi connectivity index (χ3v) is 3.36. The average Bonchev–Trinajstić information content (AvgIpc) is 2.86. The predicted octanol–water partition coefficient (Wildman–Crippen LogP) is 1.83. The topological polar surface area (TPSA) is 38.8 Å². The van der Waals surface area contributed by atoms with Gasteiger partial charge in [0.05, 0.1) is 14.2 Å². The van der Waals surface area contributed by atoms with Crippen molar-refractivity contribution < 1.29 is 14.3 Å². The maximum atomic E-state index is 11.6. The molecule has 0 aliphatic carbocycles. The molecule has 2 rings (SSSR count). The van der Waals surface area contributed by atoms with Crippen LogP contribution in [0.4, 0.5) is 0 Å². The van der Waals surface area contributed by atoms with Gasteiger partial charge in [0.1, 0.15) is 11.8 Å².